The van der Waals surface area contributed by atoms with Gasteiger partial charge in [-0.2, -0.15) is 0 Å². The van der Waals surface area contributed by atoms with Crippen molar-refractivity contribution in [3.05, 3.63) is 0 Å². The second kappa shape index (κ2) is 12.9. The molecule has 3 nitrogen and oxygen atoms in total. The summed E-state index contributed by atoms with van der Waals surface area (Å²) in [7, 11) is 0. The van der Waals surface area contributed by atoms with Crippen molar-refractivity contribution in [2.45, 2.75) is 103 Å². The van der Waals surface area contributed by atoms with E-state index in [9.17, 15) is 4.79 Å². The van der Waals surface area contributed by atoms with E-state index in [1.807, 2.05) is 0 Å². The molecule has 0 saturated carbocycles. The maximum absolute atomic E-state index is 12.3. The first-order valence-corrected chi connectivity index (χ1v) is 9.79. The fourth-order valence-corrected chi connectivity index (χ4v) is 3.48. The fourth-order valence-electron chi connectivity index (χ4n) is 3.48. The highest BCUT2D eigenvalue weighted by molar-refractivity contribution is 5.76. The van der Waals surface area contributed by atoms with Gasteiger partial charge in [0.2, 0.25) is 5.91 Å². The molecule has 0 aromatic carbocycles. The molecular weight excluding hydrogens is 272 g/mol. The Kier molecular flexibility index (Phi) is 11.4. The third-order valence-corrected chi connectivity index (χ3v) is 4.96. The van der Waals surface area contributed by atoms with E-state index in [4.69, 9.17) is 5.73 Å². The molecule has 0 aromatic heterocycles. The van der Waals surface area contributed by atoms with Gasteiger partial charge in [-0.05, 0) is 25.7 Å². The van der Waals surface area contributed by atoms with Gasteiger partial charge >= 0.3 is 0 Å². The molecule has 0 unspecified atom stereocenters. The maximum atomic E-state index is 12.3. The van der Waals surface area contributed by atoms with Crippen LogP contribution in [0.4, 0.5) is 0 Å². The van der Waals surface area contributed by atoms with E-state index >= 15 is 0 Å². The molecule has 1 fully saturated rings. The SMILES string of the molecule is CCCCCCCCCCCCC(=O)N1CCCC[C@@H]1CN. The summed E-state index contributed by atoms with van der Waals surface area (Å²) in [5, 5.41) is 0. The van der Waals surface area contributed by atoms with E-state index in [2.05, 4.69) is 11.8 Å². The molecule has 3 heteroatoms. The smallest absolute Gasteiger partial charge is 0.222 e. The zero-order valence-corrected chi connectivity index (χ0v) is 14.8. The third kappa shape index (κ3) is 8.17. The minimum Gasteiger partial charge on any atom is -0.338 e. The number of unbranched alkanes of at least 4 members (excludes halogenated alkanes) is 9. The van der Waals surface area contributed by atoms with E-state index in [1.54, 1.807) is 0 Å². The monoisotopic (exact) mass is 310 g/mol. The summed E-state index contributed by atoms with van der Waals surface area (Å²) in [5.41, 5.74) is 5.79. The normalized spacial score (nSPS) is 18.6. The zero-order chi connectivity index (χ0) is 16.0. The van der Waals surface area contributed by atoms with Crippen molar-refractivity contribution >= 4 is 5.91 Å². The highest BCUT2D eigenvalue weighted by atomic mass is 16.2. The average Bonchev–Trinajstić information content (AvgIpc) is 2.56. The first-order valence-electron chi connectivity index (χ1n) is 9.79. The largest absolute Gasteiger partial charge is 0.338 e. The highest BCUT2D eigenvalue weighted by Crippen LogP contribution is 2.18. The van der Waals surface area contributed by atoms with Gasteiger partial charge in [0.25, 0.3) is 0 Å². The van der Waals surface area contributed by atoms with Crippen LogP contribution in [0.1, 0.15) is 96.8 Å². The summed E-state index contributed by atoms with van der Waals surface area (Å²) in [6, 6.07) is 0.310. The molecule has 1 heterocycles. The molecule has 1 amide bonds. The van der Waals surface area contributed by atoms with Gasteiger partial charge in [-0.25, -0.2) is 0 Å². The third-order valence-electron chi connectivity index (χ3n) is 4.96. The number of nitrogens with zero attached hydrogens (tertiary/aromatic N) is 1. The number of piperidine rings is 1. The van der Waals surface area contributed by atoms with Crippen molar-refractivity contribution < 1.29 is 4.79 Å². The van der Waals surface area contributed by atoms with Crippen molar-refractivity contribution in [2.24, 2.45) is 5.73 Å². The number of rotatable bonds is 12. The molecule has 1 aliphatic heterocycles. The number of amides is 1. The van der Waals surface area contributed by atoms with Crippen LogP contribution in [-0.4, -0.2) is 29.9 Å². The summed E-state index contributed by atoms with van der Waals surface area (Å²) in [5.74, 6) is 0.342. The lowest BCUT2D eigenvalue weighted by Crippen LogP contribution is -2.47. The summed E-state index contributed by atoms with van der Waals surface area (Å²) in [4.78, 5) is 14.3. The Morgan fingerprint density at radius 1 is 0.955 bits per heavy atom. The number of nitrogens with two attached hydrogens (primary N) is 1. The molecule has 0 bridgehead atoms. The topological polar surface area (TPSA) is 46.3 Å². The van der Waals surface area contributed by atoms with E-state index in [0.717, 1.165) is 32.2 Å². The second-order valence-electron chi connectivity index (χ2n) is 6.90. The number of hydrogen-bond acceptors (Lipinski definition) is 2. The van der Waals surface area contributed by atoms with E-state index in [1.165, 1.54) is 64.2 Å². The Labute approximate surface area is 138 Å². The van der Waals surface area contributed by atoms with Gasteiger partial charge in [-0.1, -0.05) is 64.7 Å². The van der Waals surface area contributed by atoms with Crippen LogP contribution < -0.4 is 5.73 Å². The molecule has 0 aliphatic carbocycles. The Balaban J connectivity index is 1.96. The minimum absolute atomic E-state index is 0.310. The van der Waals surface area contributed by atoms with Gasteiger partial charge in [0, 0.05) is 25.6 Å². The lowest BCUT2D eigenvalue weighted by atomic mass is 10.0. The molecule has 0 radical (unpaired) electrons. The van der Waals surface area contributed by atoms with Crippen LogP contribution in [-0.2, 0) is 4.79 Å². The van der Waals surface area contributed by atoms with Crippen LogP contribution in [0.5, 0.6) is 0 Å². The Bertz CT molecular complexity index is 281. The number of carbonyl (C=O) groups excluding carboxylic acids is 1. The van der Waals surface area contributed by atoms with Gasteiger partial charge in [0.1, 0.15) is 0 Å². The summed E-state index contributed by atoms with van der Waals surface area (Å²) in [6.07, 6.45) is 17.4. The van der Waals surface area contributed by atoms with Gasteiger partial charge in [0.05, 0.1) is 0 Å². The fraction of sp³-hybridized carbons (Fsp3) is 0.947. The number of carbonyl (C=O) groups is 1. The average molecular weight is 311 g/mol. The van der Waals surface area contributed by atoms with Gasteiger partial charge < -0.3 is 10.6 Å². The Hall–Kier alpha value is -0.570. The molecule has 1 saturated heterocycles. The van der Waals surface area contributed by atoms with Crippen molar-refractivity contribution in [1.82, 2.24) is 4.90 Å². The summed E-state index contributed by atoms with van der Waals surface area (Å²) < 4.78 is 0. The van der Waals surface area contributed by atoms with Crippen LogP contribution in [0.3, 0.4) is 0 Å². The molecule has 1 rings (SSSR count). The molecule has 0 spiro atoms. The van der Waals surface area contributed by atoms with E-state index < -0.39 is 0 Å². The second-order valence-corrected chi connectivity index (χ2v) is 6.90. The predicted molar refractivity (Wildman–Crippen MR) is 94.9 cm³/mol. The van der Waals surface area contributed by atoms with Crippen molar-refractivity contribution in [3.63, 3.8) is 0 Å². The number of likely N-dealkylation sites (tertiary alicyclic amines) is 1. The molecule has 130 valence electrons. The van der Waals surface area contributed by atoms with Crippen molar-refractivity contribution in [1.29, 1.82) is 0 Å². The van der Waals surface area contributed by atoms with Gasteiger partial charge in [0.15, 0.2) is 0 Å². The molecule has 1 atom stereocenters. The standard InChI is InChI=1S/C19H38N2O/c1-2-3-4-5-6-7-8-9-10-11-15-19(22)21-16-13-12-14-18(21)17-20/h18H,2-17,20H2,1H3/t18-/m1/s1. The predicted octanol–water partition coefficient (Wildman–Crippen LogP) is 4.64. The first-order chi connectivity index (χ1) is 10.8. The quantitative estimate of drug-likeness (QED) is 0.534. The first kappa shape index (κ1) is 19.5. The lowest BCUT2D eigenvalue weighted by Gasteiger charge is -2.35. The lowest BCUT2D eigenvalue weighted by molar-refractivity contribution is -0.134. The minimum atomic E-state index is 0.310. The Morgan fingerprint density at radius 3 is 2.14 bits per heavy atom. The molecule has 2 N–H and O–H groups in total. The van der Waals surface area contributed by atoms with Gasteiger partial charge in [-0.3, -0.25) is 4.79 Å². The van der Waals surface area contributed by atoms with E-state index in [0.29, 0.717) is 18.5 Å². The molecular formula is C19H38N2O. The van der Waals surface area contributed by atoms with Crippen LogP contribution in [0, 0.1) is 0 Å². The molecule has 1 aliphatic rings. The van der Waals surface area contributed by atoms with E-state index in [-0.39, 0.29) is 0 Å². The van der Waals surface area contributed by atoms with Crippen LogP contribution >= 0.6 is 0 Å². The molecule has 0 aromatic rings. The van der Waals surface area contributed by atoms with Crippen LogP contribution in [0.15, 0.2) is 0 Å². The summed E-state index contributed by atoms with van der Waals surface area (Å²) >= 11 is 0. The van der Waals surface area contributed by atoms with Crippen molar-refractivity contribution in [3.8, 4) is 0 Å². The maximum Gasteiger partial charge on any atom is 0.222 e. The van der Waals surface area contributed by atoms with Crippen molar-refractivity contribution in [2.75, 3.05) is 13.1 Å². The molecule has 22 heavy (non-hydrogen) atoms. The van der Waals surface area contributed by atoms with Crippen LogP contribution in [0.2, 0.25) is 0 Å². The Morgan fingerprint density at radius 2 is 1.55 bits per heavy atom. The summed E-state index contributed by atoms with van der Waals surface area (Å²) in [6.45, 7) is 3.82. The zero-order valence-electron chi connectivity index (χ0n) is 14.8. The highest BCUT2D eigenvalue weighted by Gasteiger charge is 2.24. The van der Waals surface area contributed by atoms with Crippen LogP contribution in [0.25, 0.3) is 0 Å². The van der Waals surface area contributed by atoms with Gasteiger partial charge in [-0.15, -0.1) is 0 Å². The number of hydrogen-bond donors (Lipinski definition) is 1.